The maximum atomic E-state index is 13.1. The van der Waals surface area contributed by atoms with Crippen LogP contribution >= 0.6 is 31.9 Å². The van der Waals surface area contributed by atoms with Gasteiger partial charge in [-0.2, -0.15) is 0 Å². The fourth-order valence-corrected chi connectivity index (χ4v) is 2.29. The molecule has 0 saturated heterocycles. The molecule has 0 aliphatic heterocycles. The highest BCUT2D eigenvalue weighted by atomic mass is 79.9. The summed E-state index contributed by atoms with van der Waals surface area (Å²) in [7, 11) is 0. The molecule has 0 spiro atoms. The van der Waals surface area contributed by atoms with Crippen LogP contribution in [0, 0.1) is 11.6 Å². The molecule has 1 aromatic carbocycles. The Labute approximate surface area is 126 Å². The van der Waals surface area contributed by atoms with E-state index in [0.29, 0.717) is 16.8 Å². The van der Waals surface area contributed by atoms with E-state index in [2.05, 4.69) is 37.2 Å². The minimum absolute atomic E-state index is 0.113. The summed E-state index contributed by atoms with van der Waals surface area (Å²) in [6.45, 7) is 2.37. The Morgan fingerprint density at radius 3 is 2.53 bits per heavy atom. The van der Waals surface area contributed by atoms with Crippen molar-refractivity contribution < 1.29 is 13.2 Å². The van der Waals surface area contributed by atoms with Crippen molar-refractivity contribution in [1.29, 1.82) is 0 Å². The number of halogens is 4. The van der Waals surface area contributed by atoms with Gasteiger partial charge in [-0.25, -0.2) is 8.78 Å². The zero-order valence-electron chi connectivity index (χ0n) is 10.0. The number of hydrogen-bond acceptors (Lipinski definition) is 2. The Kier molecular flexibility index (Phi) is 4.76. The molecule has 2 rings (SSSR count). The second kappa shape index (κ2) is 6.15. The molecule has 1 atom stereocenters. The monoisotopic (exact) mass is 393 g/mol. The van der Waals surface area contributed by atoms with E-state index >= 15 is 0 Å². The van der Waals surface area contributed by atoms with E-state index in [1.807, 2.05) is 13.0 Å². The minimum atomic E-state index is -0.838. The zero-order valence-corrected chi connectivity index (χ0v) is 13.2. The molecule has 1 N–H and O–H groups in total. The van der Waals surface area contributed by atoms with Crippen LogP contribution in [0.25, 0.3) is 0 Å². The Morgan fingerprint density at radius 1 is 1.21 bits per heavy atom. The molecule has 19 heavy (non-hydrogen) atoms. The van der Waals surface area contributed by atoms with Crippen molar-refractivity contribution >= 4 is 31.9 Å². The predicted molar refractivity (Wildman–Crippen MR) is 75.7 cm³/mol. The lowest BCUT2D eigenvalue weighted by Crippen LogP contribution is -2.18. The van der Waals surface area contributed by atoms with Crippen LogP contribution in [-0.4, -0.2) is 0 Å². The van der Waals surface area contributed by atoms with E-state index in [-0.39, 0.29) is 6.04 Å². The summed E-state index contributed by atoms with van der Waals surface area (Å²) >= 11 is 6.58. The molecule has 2 nitrogen and oxygen atoms in total. The normalized spacial score (nSPS) is 12.7. The smallest absolute Gasteiger partial charge is 0.183 e. The average Bonchev–Trinajstić information content (AvgIpc) is 2.69. The van der Waals surface area contributed by atoms with Crippen LogP contribution in [0.5, 0.6) is 0 Å². The molecule has 0 fully saturated rings. The highest BCUT2D eigenvalue weighted by Gasteiger charge is 2.11. The first-order chi connectivity index (χ1) is 8.97. The van der Waals surface area contributed by atoms with E-state index in [1.165, 1.54) is 6.07 Å². The van der Waals surface area contributed by atoms with Gasteiger partial charge < -0.3 is 9.73 Å². The van der Waals surface area contributed by atoms with Gasteiger partial charge in [0.25, 0.3) is 0 Å². The van der Waals surface area contributed by atoms with Crippen molar-refractivity contribution in [1.82, 2.24) is 5.32 Å². The molecular weight excluding hydrogens is 384 g/mol. The summed E-state index contributed by atoms with van der Waals surface area (Å²) in [4.78, 5) is 0. The Hall–Kier alpha value is -0.720. The van der Waals surface area contributed by atoms with Crippen LogP contribution in [0.15, 0.2) is 37.8 Å². The number of rotatable bonds is 4. The number of hydrogen-bond donors (Lipinski definition) is 1. The van der Waals surface area contributed by atoms with Gasteiger partial charge in [0, 0.05) is 6.04 Å². The first-order valence-electron chi connectivity index (χ1n) is 5.59. The minimum Gasteiger partial charge on any atom is -0.452 e. The molecule has 0 bridgehead atoms. The second-order valence-electron chi connectivity index (χ2n) is 4.11. The Morgan fingerprint density at radius 2 is 1.95 bits per heavy atom. The lowest BCUT2D eigenvalue weighted by Gasteiger charge is -2.13. The summed E-state index contributed by atoms with van der Waals surface area (Å²) in [6.07, 6.45) is 0. The molecule has 1 unspecified atom stereocenters. The Bertz CT molecular complexity index is 567. The van der Waals surface area contributed by atoms with Gasteiger partial charge in [-0.15, -0.1) is 0 Å². The summed E-state index contributed by atoms with van der Waals surface area (Å²) in [5.41, 5.74) is 0.684. The highest BCUT2D eigenvalue weighted by molar-refractivity contribution is 9.13. The van der Waals surface area contributed by atoms with Crippen molar-refractivity contribution in [3.05, 3.63) is 56.4 Å². The van der Waals surface area contributed by atoms with Gasteiger partial charge in [-0.1, -0.05) is 6.07 Å². The molecule has 0 aliphatic rings. The quantitative estimate of drug-likeness (QED) is 0.794. The maximum absolute atomic E-state index is 13.1. The molecule has 0 saturated carbocycles. The van der Waals surface area contributed by atoms with Crippen LogP contribution in [0.4, 0.5) is 8.78 Å². The number of nitrogens with one attached hydrogen (secondary N) is 1. The average molecular weight is 395 g/mol. The standard InChI is InChI=1S/C13H11Br2F2NO/c1-7(8-2-3-11(16)12(17)4-8)18-6-9-5-10(14)13(15)19-9/h2-5,7,18H,6H2,1H3. The highest BCUT2D eigenvalue weighted by Crippen LogP contribution is 2.27. The SMILES string of the molecule is CC(NCc1cc(Br)c(Br)o1)c1ccc(F)c(F)c1. The van der Waals surface area contributed by atoms with Crippen LogP contribution < -0.4 is 5.32 Å². The molecule has 0 aliphatic carbocycles. The van der Waals surface area contributed by atoms with Crippen LogP contribution in [0.1, 0.15) is 24.3 Å². The largest absolute Gasteiger partial charge is 0.452 e. The van der Waals surface area contributed by atoms with Crippen LogP contribution in [0.2, 0.25) is 0 Å². The Balaban J connectivity index is 2.00. The molecule has 0 radical (unpaired) electrons. The first-order valence-corrected chi connectivity index (χ1v) is 7.18. The van der Waals surface area contributed by atoms with Crippen molar-refractivity contribution in [2.75, 3.05) is 0 Å². The fourth-order valence-electron chi connectivity index (χ4n) is 1.63. The third kappa shape index (κ3) is 3.64. The van der Waals surface area contributed by atoms with E-state index in [9.17, 15) is 8.78 Å². The van der Waals surface area contributed by atoms with Crippen molar-refractivity contribution in [3.63, 3.8) is 0 Å². The van der Waals surface area contributed by atoms with Gasteiger partial charge in [0.1, 0.15) is 5.76 Å². The zero-order chi connectivity index (χ0) is 14.0. The van der Waals surface area contributed by atoms with Gasteiger partial charge in [0.15, 0.2) is 16.3 Å². The van der Waals surface area contributed by atoms with Crippen LogP contribution in [-0.2, 0) is 6.54 Å². The molecule has 0 amide bonds. The van der Waals surface area contributed by atoms with E-state index in [1.54, 1.807) is 6.07 Å². The van der Waals surface area contributed by atoms with Crippen molar-refractivity contribution in [2.24, 2.45) is 0 Å². The van der Waals surface area contributed by atoms with Crippen LogP contribution in [0.3, 0.4) is 0 Å². The second-order valence-corrected chi connectivity index (χ2v) is 5.69. The molecule has 1 aromatic heterocycles. The lowest BCUT2D eigenvalue weighted by atomic mass is 10.1. The molecule has 2 aromatic rings. The number of benzene rings is 1. The molecule has 102 valence electrons. The van der Waals surface area contributed by atoms with Gasteiger partial charge in [0.05, 0.1) is 11.0 Å². The van der Waals surface area contributed by atoms with E-state index in [4.69, 9.17) is 4.42 Å². The third-order valence-corrected chi connectivity index (χ3v) is 4.43. The van der Waals surface area contributed by atoms with Gasteiger partial charge in [-0.3, -0.25) is 0 Å². The molecular formula is C13H11Br2F2NO. The predicted octanol–water partition coefficient (Wildman–Crippen LogP) is 4.93. The van der Waals surface area contributed by atoms with E-state index < -0.39 is 11.6 Å². The first kappa shape index (κ1) is 14.7. The van der Waals surface area contributed by atoms with E-state index in [0.717, 1.165) is 16.3 Å². The topological polar surface area (TPSA) is 25.2 Å². The summed E-state index contributed by atoms with van der Waals surface area (Å²) in [5.74, 6) is -0.933. The molecule has 6 heteroatoms. The van der Waals surface area contributed by atoms with Gasteiger partial charge >= 0.3 is 0 Å². The number of furan rings is 1. The maximum Gasteiger partial charge on any atom is 0.183 e. The molecule has 1 heterocycles. The van der Waals surface area contributed by atoms with Crippen molar-refractivity contribution in [2.45, 2.75) is 19.5 Å². The fraction of sp³-hybridized carbons (Fsp3) is 0.231. The third-order valence-electron chi connectivity index (χ3n) is 2.72. The lowest BCUT2D eigenvalue weighted by molar-refractivity contribution is 0.444. The van der Waals surface area contributed by atoms with Gasteiger partial charge in [-0.05, 0) is 62.5 Å². The van der Waals surface area contributed by atoms with Crippen molar-refractivity contribution in [3.8, 4) is 0 Å². The summed E-state index contributed by atoms with van der Waals surface area (Å²) in [5, 5.41) is 3.18. The van der Waals surface area contributed by atoms with Gasteiger partial charge in [0.2, 0.25) is 0 Å². The summed E-state index contributed by atoms with van der Waals surface area (Å²) < 4.78 is 32.8. The summed E-state index contributed by atoms with van der Waals surface area (Å²) in [6, 6.07) is 5.61.